The molecule has 0 aromatic carbocycles. The molecule has 12 heavy (non-hydrogen) atoms. The van der Waals surface area contributed by atoms with Crippen LogP contribution in [-0.4, -0.2) is 36.4 Å². The van der Waals surface area contributed by atoms with Crippen LogP contribution in [0.15, 0.2) is 0 Å². The van der Waals surface area contributed by atoms with Crippen LogP contribution in [0, 0.1) is 0 Å². The van der Waals surface area contributed by atoms with Crippen LogP contribution in [0.25, 0.3) is 0 Å². The molecule has 0 amide bonds. The van der Waals surface area contributed by atoms with E-state index in [0.29, 0.717) is 0 Å². The first-order valence-electron chi connectivity index (χ1n) is 3.91. The first kappa shape index (κ1) is 11.4. The second kappa shape index (κ2) is 4.42. The van der Waals surface area contributed by atoms with Crippen LogP contribution in [-0.2, 0) is 9.53 Å². The Kier molecular flexibility index (Phi) is 4.20. The van der Waals surface area contributed by atoms with Crippen molar-refractivity contribution in [2.45, 2.75) is 32.4 Å². The first-order valence-corrected chi connectivity index (χ1v) is 3.91. The summed E-state index contributed by atoms with van der Waals surface area (Å²) in [5, 5.41) is 11.4. The number of esters is 1. The maximum Gasteiger partial charge on any atom is 0.326 e. The Morgan fingerprint density at radius 3 is 2.33 bits per heavy atom. The molecule has 0 fully saturated rings. The van der Waals surface area contributed by atoms with Gasteiger partial charge in [0, 0.05) is 0 Å². The van der Waals surface area contributed by atoms with Gasteiger partial charge in [-0.05, 0) is 27.8 Å². The molecule has 0 aliphatic heterocycles. The van der Waals surface area contributed by atoms with E-state index in [1.165, 1.54) is 0 Å². The van der Waals surface area contributed by atoms with Crippen LogP contribution < -0.4 is 5.32 Å². The fourth-order valence-electron chi connectivity index (χ4n) is 0.657. The maximum absolute atomic E-state index is 11.2. The molecule has 0 rings (SSSR count). The zero-order valence-corrected chi connectivity index (χ0v) is 8.05. The van der Waals surface area contributed by atoms with Crippen LogP contribution in [0.3, 0.4) is 0 Å². The van der Waals surface area contributed by atoms with Gasteiger partial charge in [0.15, 0.2) is 0 Å². The van der Waals surface area contributed by atoms with Gasteiger partial charge in [0.2, 0.25) is 0 Å². The summed E-state index contributed by atoms with van der Waals surface area (Å²) in [5.41, 5.74) is -0.499. The van der Waals surface area contributed by atoms with Gasteiger partial charge in [-0.25, -0.2) is 0 Å². The molecule has 1 atom stereocenters. The van der Waals surface area contributed by atoms with Crippen LogP contribution in [0.1, 0.15) is 20.8 Å². The highest BCUT2D eigenvalue weighted by atomic mass is 16.6. The van der Waals surface area contributed by atoms with Crippen molar-refractivity contribution in [3.8, 4) is 0 Å². The van der Waals surface area contributed by atoms with Crippen LogP contribution in [0.5, 0.6) is 0 Å². The molecule has 0 aliphatic rings. The van der Waals surface area contributed by atoms with E-state index in [1.807, 2.05) is 0 Å². The Hall–Kier alpha value is -0.610. The first-order chi connectivity index (χ1) is 5.40. The van der Waals surface area contributed by atoms with E-state index in [1.54, 1.807) is 27.8 Å². The minimum Gasteiger partial charge on any atom is -0.459 e. The van der Waals surface area contributed by atoms with Crippen molar-refractivity contribution in [2.75, 3.05) is 13.7 Å². The summed E-state index contributed by atoms with van der Waals surface area (Å²) in [6.07, 6.45) is 0. The molecule has 0 bridgehead atoms. The second-order valence-corrected chi connectivity index (χ2v) is 3.56. The van der Waals surface area contributed by atoms with Gasteiger partial charge in [0.1, 0.15) is 11.6 Å². The van der Waals surface area contributed by atoms with Gasteiger partial charge < -0.3 is 15.2 Å². The molecule has 2 N–H and O–H groups in total. The quantitative estimate of drug-likeness (QED) is 0.588. The van der Waals surface area contributed by atoms with Crippen molar-refractivity contribution in [1.82, 2.24) is 5.32 Å². The number of carbonyl (C=O) groups excluding carboxylic acids is 1. The summed E-state index contributed by atoms with van der Waals surface area (Å²) in [7, 11) is 1.60. The smallest absolute Gasteiger partial charge is 0.326 e. The minimum atomic E-state index is -0.621. The second-order valence-electron chi connectivity index (χ2n) is 3.56. The number of ether oxygens (including phenoxy) is 1. The van der Waals surface area contributed by atoms with Crippen molar-refractivity contribution >= 4 is 5.97 Å². The highest BCUT2D eigenvalue weighted by molar-refractivity contribution is 5.76. The lowest BCUT2D eigenvalue weighted by Crippen LogP contribution is -2.41. The van der Waals surface area contributed by atoms with E-state index in [-0.39, 0.29) is 6.61 Å². The lowest BCUT2D eigenvalue weighted by Gasteiger charge is -2.22. The maximum atomic E-state index is 11.2. The minimum absolute atomic E-state index is 0.245. The van der Waals surface area contributed by atoms with Gasteiger partial charge in [-0.15, -0.1) is 0 Å². The number of aliphatic hydroxyl groups is 1. The van der Waals surface area contributed by atoms with Crippen LogP contribution >= 0.6 is 0 Å². The summed E-state index contributed by atoms with van der Waals surface area (Å²) < 4.78 is 5.02. The monoisotopic (exact) mass is 175 g/mol. The van der Waals surface area contributed by atoms with E-state index in [2.05, 4.69) is 5.32 Å². The van der Waals surface area contributed by atoms with Crippen molar-refractivity contribution < 1.29 is 14.6 Å². The third-order valence-corrected chi connectivity index (χ3v) is 1.22. The Morgan fingerprint density at radius 2 is 2.08 bits per heavy atom. The molecule has 0 heterocycles. The molecule has 0 aromatic heterocycles. The van der Waals surface area contributed by atoms with Crippen molar-refractivity contribution in [2.24, 2.45) is 0 Å². The Labute approximate surface area is 72.9 Å². The van der Waals surface area contributed by atoms with Crippen molar-refractivity contribution in [3.63, 3.8) is 0 Å². The largest absolute Gasteiger partial charge is 0.459 e. The van der Waals surface area contributed by atoms with Crippen molar-refractivity contribution in [3.05, 3.63) is 0 Å². The normalized spacial score (nSPS) is 14.1. The zero-order valence-electron chi connectivity index (χ0n) is 8.05. The van der Waals surface area contributed by atoms with Gasteiger partial charge in [0.25, 0.3) is 0 Å². The predicted octanol–water partition coefficient (Wildman–Crippen LogP) is -0.0916. The summed E-state index contributed by atoms with van der Waals surface area (Å²) in [6, 6.07) is -0.621. The highest BCUT2D eigenvalue weighted by Crippen LogP contribution is 2.07. The average molecular weight is 175 g/mol. The fourth-order valence-corrected chi connectivity index (χ4v) is 0.657. The number of carbonyl (C=O) groups is 1. The molecule has 0 saturated carbocycles. The van der Waals surface area contributed by atoms with Gasteiger partial charge in [-0.2, -0.15) is 0 Å². The van der Waals surface area contributed by atoms with E-state index < -0.39 is 17.6 Å². The van der Waals surface area contributed by atoms with E-state index >= 15 is 0 Å². The molecule has 0 saturated heterocycles. The Balaban J connectivity index is 4.02. The zero-order chi connectivity index (χ0) is 9.78. The average Bonchev–Trinajstić information content (AvgIpc) is 1.85. The summed E-state index contributed by atoms with van der Waals surface area (Å²) in [5.74, 6) is -0.424. The van der Waals surface area contributed by atoms with Crippen LogP contribution in [0.4, 0.5) is 0 Å². The molecule has 0 radical (unpaired) electrons. The fraction of sp³-hybridized carbons (Fsp3) is 0.875. The van der Waals surface area contributed by atoms with Gasteiger partial charge >= 0.3 is 5.97 Å². The van der Waals surface area contributed by atoms with E-state index in [0.717, 1.165) is 0 Å². The topological polar surface area (TPSA) is 58.6 Å². The molecule has 0 spiro atoms. The Morgan fingerprint density at radius 1 is 1.58 bits per heavy atom. The summed E-state index contributed by atoms with van der Waals surface area (Å²) in [6.45, 7) is 5.12. The third kappa shape index (κ3) is 4.31. The number of hydrogen-bond acceptors (Lipinski definition) is 4. The number of aliphatic hydroxyl groups excluding tert-OH is 1. The molecule has 0 aromatic rings. The van der Waals surface area contributed by atoms with Crippen molar-refractivity contribution in [1.29, 1.82) is 0 Å². The number of rotatable bonds is 3. The van der Waals surface area contributed by atoms with Gasteiger partial charge in [-0.3, -0.25) is 4.79 Å². The summed E-state index contributed by atoms with van der Waals surface area (Å²) in [4.78, 5) is 11.2. The van der Waals surface area contributed by atoms with Gasteiger partial charge in [-0.1, -0.05) is 0 Å². The molecule has 0 aliphatic carbocycles. The standard InChI is InChI=1S/C8H17NO3/c1-8(2,3)12-7(11)6(5-10)9-4/h6,9-10H,5H2,1-4H3. The number of nitrogens with one attached hydrogen (secondary N) is 1. The van der Waals surface area contributed by atoms with E-state index in [9.17, 15) is 4.79 Å². The van der Waals surface area contributed by atoms with E-state index in [4.69, 9.17) is 9.84 Å². The molecular weight excluding hydrogens is 158 g/mol. The molecular formula is C8H17NO3. The molecule has 4 heteroatoms. The lowest BCUT2D eigenvalue weighted by molar-refractivity contribution is -0.158. The molecule has 1 unspecified atom stereocenters. The summed E-state index contributed by atoms with van der Waals surface area (Å²) >= 11 is 0. The lowest BCUT2D eigenvalue weighted by atomic mass is 10.2. The number of hydrogen-bond donors (Lipinski definition) is 2. The number of likely N-dealkylation sites (N-methyl/N-ethyl adjacent to an activating group) is 1. The predicted molar refractivity (Wildman–Crippen MR) is 45.8 cm³/mol. The third-order valence-electron chi connectivity index (χ3n) is 1.22. The molecule has 4 nitrogen and oxygen atoms in total. The highest BCUT2D eigenvalue weighted by Gasteiger charge is 2.22. The Bertz CT molecular complexity index is 147. The SMILES string of the molecule is CNC(CO)C(=O)OC(C)(C)C. The van der Waals surface area contributed by atoms with Crippen LogP contribution in [0.2, 0.25) is 0 Å². The van der Waals surface area contributed by atoms with Gasteiger partial charge in [0.05, 0.1) is 6.61 Å². The molecule has 72 valence electrons.